The summed E-state index contributed by atoms with van der Waals surface area (Å²) in [7, 11) is 0. The lowest BCUT2D eigenvalue weighted by atomic mass is 10.0. The van der Waals surface area contributed by atoms with Crippen LogP contribution in [0.5, 0.6) is 5.75 Å². The molecule has 0 spiro atoms. The molecule has 0 aliphatic rings. The molecule has 0 aliphatic carbocycles. The molecule has 2 N–H and O–H groups in total. The van der Waals surface area contributed by atoms with Crippen LogP contribution in [0.15, 0.2) is 42.5 Å². The molecule has 0 radical (unpaired) electrons. The highest BCUT2D eigenvalue weighted by atomic mass is 32.1. The molecule has 0 bridgehead atoms. The van der Waals surface area contributed by atoms with Gasteiger partial charge in [-0.3, -0.25) is 4.79 Å². The summed E-state index contributed by atoms with van der Waals surface area (Å²) in [4.78, 5) is 24.0. The summed E-state index contributed by atoms with van der Waals surface area (Å²) in [6, 6.07) is 13.4. The number of ether oxygens (including phenoxy) is 1. The summed E-state index contributed by atoms with van der Waals surface area (Å²) in [5.74, 6) is -0.717. The minimum Gasteiger partial charge on any atom is -0.506 e. The van der Waals surface area contributed by atoms with E-state index in [0.29, 0.717) is 21.5 Å². The normalized spacial score (nSPS) is 10.7. The van der Waals surface area contributed by atoms with Crippen molar-refractivity contribution in [1.29, 1.82) is 0 Å². The predicted octanol–water partition coefficient (Wildman–Crippen LogP) is 4.33. The van der Waals surface area contributed by atoms with E-state index in [2.05, 4.69) is 5.32 Å². The van der Waals surface area contributed by atoms with Crippen molar-refractivity contribution in [3.8, 4) is 5.75 Å². The number of phenolic OH excluding ortho intramolecular Hbond substituents is 1. The lowest BCUT2D eigenvalue weighted by Crippen LogP contribution is -2.11. The molecule has 6 heteroatoms. The number of hydrogen-bond acceptors (Lipinski definition) is 5. The molecule has 1 heterocycles. The molecule has 0 aliphatic heterocycles. The molecule has 2 aromatic carbocycles. The highest BCUT2D eigenvalue weighted by Crippen LogP contribution is 2.42. The van der Waals surface area contributed by atoms with Gasteiger partial charge >= 0.3 is 5.97 Å². The molecule has 5 nitrogen and oxygen atoms in total. The van der Waals surface area contributed by atoms with Gasteiger partial charge in [0.1, 0.15) is 16.3 Å². The molecule has 0 atom stereocenters. The van der Waals surface area contributed by atoms with Crippen molar-refractivity contribution in [2.75, 3.05) is 11.9 Å². The van der Waals surface area contributed by atoms with Gasteiger partial charge in [0, 0.05) is 12.3 Å². The Kier molecular flexibility index (Phi) is 5.23. The van der Waals surface area contributed by atoms with Crippen molar-refractivity contribution >= 4 is 38.3 Å². The topological polar surface area (TPSA) is 75.6 Å². The number of hydrogen-bond donors (Lipinski definition) is 2. The van der Waals surface area contributed by atoms with Gasteiger partial charge in [-0.15, -0.1) is 11.3 Å². The van der Waals surface area contributed by atoms with Crippen molar-refractivity contribution in [3.05, 3.63) is 59.2 Å². The van der Waals surface area contributed by atoms with Crippen LogP contribution >= 0.6 is 11.3 Å². The Morgan fingerprint density at radius 1 is 1.15 bits per heavy atom. The van der Waals surface area contributed by atoms with E-state index in [0.717, 1.165) is 11.1 Å². The van der Waals surface area contributed by atoms with Gasteiger partial charge in [0.15, 0.2) is 0 Å². The number of fused-ring (bicyclic) bond motifs is 1. The van der Waals surface area contributed by atoms with Crippen LogP contribution in [0.1, 0.15) is 35.3 Å². The van der Waals surface area contributed by atoms with Crippen LogP contribution in [-0.2, 0) is 16.0 Å². The van der Waals surface area contributed by atoms with E-state index in [-0.39, 0.29) is 23.8 Å². The van der Waals surface area contributed by atoms with Gasteiger partial charge in [-0.2, -0.15) is 0 Å². The minimum atomic E-state index is -0.515. The highest BCUT2D eigenvalue weighted by molar-refractivity contribution is 7.23. The van der Waals surface area contributed by atoms with Crippen LogP contribution in [0.2, 0.25) is 0 Å². The lowest BCUT2D eigenvalue weighted by Gasteiger charge is -2.07. The molecule has 3 rings (SSSR count). The number of thiophene rings is 1. The third-order valence-corrected chi connectivity index (χ3v) is 4.99. The minimum absolute atomic E-state index is 0.0839. The fourth-order valence-corrected chi connectivity index (χ4v) is 3.96. The maximum absolute atomic E-state index is 12.5. The summed E-state index contributed by atoms with van der Waals surface area (Å²) in [6.07, 6.45) is 0.623. The van der Waals surface area contributed by atoms with Crippen molar-refractivity contribution in [2.24, 2.45) is 0 Å². The third-order valence-electron chi connectivity index (χ3n) is 3.85. The Morgan fingerprint density at radius 2 is 1.88 bits per heavy atom. The summed E-state index contributed by atoms with van der Waals surface area (Å²) in [6.45, 7) is 3.33. The van der Waals surface area contributed by atoms with E-state index in [1.165, 1.54) is 18.3 Å². The van der Waals surface area contributed by atoms with Crippen LogP contribution in [-0.4, -0.2) is 23.6 Å². The number of esters is 1. The van der Waals surface area contributed by atoms with Gasteiger partial charge in [0.2, 0.25) is 5.91 Å². The largest absolute Gasteiger partial charge is 0.506 e. The first-order valence-corrected chi connectivity index (χ1v) is 9.08. The Balaban J connectivity index is 2.13. The first-order chi connectivity index (χ1) is 12.5. The van der Waals surface area contributed by atoms with E-state index in [9.17, 15) is 14.7 Å². The lowest BCUT2D eigenvalue weighted by molar-refractivity contribution is -0.114. The number of rotatable bonds is 5. The summed E-state index contributed by atoms with van der Waals surface area (Å²) >= 11 is 1.17. The number of benzene rings is 2. The molecule has 3 aromatic rings. The van der Waals surface area contributed by atoms with Gasteiger partial charge in [-0.1, -0.05) is 30.3 Å². The predicted molar refractivity (Wildman–Crippen MR) is 103 cm³/mol. The Morgan fingerprint density at radius 3 is 2.54 bits per heavy atom. The average Bonchev–Trinajstić information content (AvgIpc) is 2.94. The van der Waals surface area contributed by atoms with Crippen LogP contribution in [0.4, 0.5) is 5.00 Å². The number of phenols is 1. The zero-order valence-electron chi connectivity index (χ0n) is 14.5. The maximum Gasteiger partial charge on any atom is 0.341 e. The molecule has 0 saturated heterocycles. The Bertz CT molecular complexity index is 963. The zero-order valence-corrected chi connectivity index (χ0v) is 15.4. The van der Waals surface area contributed by atoms with Crippen molar-refractivity contribution in [3.63, 3.8) is 0 Å². The quantitative estimate of drug-likeness (QED) is 0.656. The summed E-state index contributed by atoms with van der Waals surface area (Å²) in [5.41, 5.74) is 2.26. The van der Waals surface area contributed by atoms with Gasteiger partial charge in [0.05, 0.1) is 11.3 Å². The van der Waals surface area contributed by atoms with E-state index < -0.39 is 5.97 Å². The van der Waals surface area contributed by atoms with Crippen LogP contribution < -0.4 is 5.32 Å². The van der Waals surface area contributed by atoms with Crippen molar-refractivity contribution < 1.29 is 19.4 Å². The van der Waals surface area contributed by atoms with Crippen LogP contribution in [0, 0.1) is 0 Å². The van der Waals surface area contributed by atoms with E-state index in [1.54, 1.807) is 13.0 Å². The standard InChI is InChI=1S/C20H19NO4S/c1-3-25-20(24)17-15-10-14(9-13-7-5-4-6-8-13)11-16(23)18(15)26-19(17)21-12(2)22/h4-8,10-11,23H,3,9H2,1-2H3,(H,21,22). The van der Waals surface area contributed by atoms with Gasteiger partial charge in [-0.05, 0) is 36.6 Å². The number of aromatic hydroxyl groups is 1. The van der Waals surface area contributed by atoms with E-state index >= 15 is 0 Å². The molecular formula is C20H19NO4S. The van der Waals surface area contributed by atoms with Crippen molar-refractivity contribution in [2.45, 2.75) is 20.3 Å². The Hall–Kier alpha value is -2.86. The number of carbonyl (C=O) groups is 2. The average molecular weight is 369 g/mol. The number of amides is 1. The van der Waals surface area contributed by atoms with Crippen molar-refractivity contribution in [1.82, 2.24) is 0 Å². The van der Waals surface area contributed by atoms with Gasteiger partial charge in [0.25, 0.3) is 0 Å². The Labute approximate surface area is 155 Å². The van der Waals surface area contributed by atoms with E-state index in [4.69, 9.17) is 4.74 Å². The molecule has 0 unspecified atom stereocenters. The second-order valence-electron chi connectivity index (χ2n) is 5.86. The molecular weight excluding hydrogens is 350 g/mol. The molecule has 134 valence electrons. The second-order valence-corrected chi connectivity index (χ2v) is 6.88. The molecule has 0 saturated carbocycles. The first kappa shape index (κ1) is 17.9. The molecule has 26 heavy (non-hydrogen) atoms. The van der Waals surface area contributed by atoms with Gasteiger partial charge in [-0.25, -0.2) is 4.79 Å². The smallest absolute Gasteiger partial charge is 0.341 e. The first-order valence-electron chi connectivity index (χ1n) is 8.26. The summed E-state index contributed by atoms with van der Waals surface area (Å²) < 4.78 is 5.70. The van der Waals surface area contributed by atoms with Crippen LogP contribution in [0.25, 0.3) is 10.1 Å². The molecule has 1 amide bonds. The number of carbonyl (C=O) groups excluding carboxylic acids is 2. The maximum atomic E-state index is 12.5. The number of nitrogens with one attached hydrogen (secondary N) is 1. The molecule has 0 fully saturated rings. The highest BCUT2D eigenvalue weighted by Gasteiger charge is 2.23. The summed E-state index contributed by atoms with van der Waals surface area (Å²) in [5, 5.41) is 14.1. The van der Waals surface area contributed by atoms with Crippen LogP contribution in [0.3, 0.4) is 0 Å². The number of anilines is 1. The monoisotopic (exact) mass is 369 g/mol. The fourth-order valence-electron chi connectivity index (χ4n) is 2.83. The fraction of sp³-hybridized carbons (Fsp3) is 0.200. The third kappa shape index (κ3) is 3.70. The van der Waals surface area contributed by atoms with Gasteiger partial charge < -0.3 is 15.2 Å². The molecule has 1 aromatic heterocycles. The zero-order chi connectivity index (χ0) is 18.7. The SMILES string of the molecule is CCOC(=O)c1c(NC(C)=O)sc2c(O)cc(Cc3ccccc3)cc12. The second kappa shape index (κ2) is 7.58. The van der Waals surface area contributed by atoms with E-state index in [1.807, 2.05) is 36.4 Å².